The molecule has 0 bridgehead atoms. The molecular formula is C15H20N2O2. The number of hydrogen-bond acceptors (Lipinski definition) is 4. The quantitative estimate of drug-likeness (QED) is 0.902. The lowest BCUT2D eigenvalue weighted by molar-refractivity contribution is 0.0881. The number of hydrogen-bond donors (Lipinski definition) is 1. The highest BCUT2D eigenvalue weighted by atomic mass is 16.5. The van der Waals surface area contributed by atoms with Crippen molar-refractivity contribution < 1.29 is 9.47 Å². The average molecular weight is 260 g/mol. The molecule has 1 aromatic carbocycles. The predicted molar refractivity (Wildman–Crippen MR) is 73.0 cm³/mol. The van der Waals surface area contributed by atoms with E-state index in [-0.39, 0.29) is 11.6 Å². The Balaban J connectivity index is 2.06. The molecule has 0 aromatic heterocycles. The zero-order chi connectivity index (χ0) is 13.9. The first-order valence-corrected chi connectivity index (χ1v) is 6.53. The molecular weight excluding hydrogens is 240 g/mol. The molecule has 19 heavy (non-hydrogen) atoms. The second-order valence-electron chi connectivity index (χ2n) is 5.18. The normalized spacial score (nSPS) is 26.1. The number of nitriles is 1. The maximum atomic E-state index is 8.96. The van der Waals surface area contributed by atoms with Crippen molar-refractivity contribution in [2.24, 2.45) is 0 Å². The van der Waals surface area contributed by atoms with E-state index in [1.165, 1.54) is 0 Å². The Morgan fingerprint density at radius 1 is 1.58 bits per heavy atom. The molecule has 4 nitrogen and oxygen atoms in total. The van der Waals surface area contributed by atoms with Crippen molar-refractivity contribution in [2.75, 3.05) is 13.7 Å². The summed E-state index contributed by atoms with van der Waals surface area (Å²) in [6.07, 6.45) is 1.23. The van der Waals surface area contributed by atoms with Gasteiger partial charge in [-0.1, -0.05) is 6.07 Å². The van der Waals surface area contributed by atoms with E-state index in [1.807, 2.05) is 12.1 Å². The maximum Gasteiger partial charge on any atom is 0.136 e. The van der Waals surface area contributed by atoms with E-state index in [9.17, 15) is 0 Å². The molecule has 2 rings (SSSR count). The number of nitrogens with zero attached hydrogens (tertiary/aromatic N) is 1. The summed E-state index contributed by atoms with van der Waals surface area (Å²) in [5, 5.41) is 12.5. The number of methoxy groups -OCH3 is 1. The van der Waals surface area contributed by atoms with Gasteiger partial charge in [-0.15, -0.1) is 0 Å². The molecule has 1 aliphatic rings. The number of ether oxygens (including phenoxy) is 2. The van der Waals surface area contributed by atoms with Crippen molar-refractivity contribution in [3.05, 3.63) is 29.3 Å². The molecule has 1 fully saturated rings. The molecule has 1 saturated heterocycles. The molecule has 2 unspecified atom stereocenters. The van der Waals surface area contributed by atoms with Gasteiger partial charge >= 0.3 is 0 Å². The summed E-state index contributed by atoms with van der Waals surface area (Å²) in [6.45, 7) is 5.83. The number of nitrogens with one attached hydrogen (secondary N) is 1. The third-order valence-corrected chi connectivity index (χ3v) is 3.97. The van der Waals surface area contributed by atoms with Crippen LogP contribution in [0.5, 0.6) is 5.75 Å². The first-order valence-electron chi connectivity index (χ1n) is 6.53. The van der Waals surface area contributed by atoms with Crippen LogP contribution in [0.1, 0.15) is 31.4 Å². The molecule has 1 aromatic rings. The molecule has 1 aliphatic heterocycles. The smallest absolute Gasteiger partial charge is 0.136 e. The molecule has 0 aliphatic carbocycles. The molecule has 0 radical (unpaired) electrons. The third-order valence-electron chi connectivity index (χ3n) is 3.97. The van der Waals surface area contributed by atoms with Crippen LogP contribution in [0.3, 0.4) is 0 Å². The van der Waals surface area contributed by atoms with Crippen LogP contribution in [0.2, 0.25) is 0 Å². The van der Waals surface area contributed by atoms with E-state index in [1.54, 1.807) is 13.2 Å². The molecule has 2 atom stereocenters. The van der Waals surface area contributed by atoms with Gasteiger partial charge in [-0.05, 0) is 38.0 Å². The lowest BCUT2D eigenvalue weighted by Gasteiger charge is -2.29. The van der Waals surface area contributed by atoms with Crippen molar-refractivity contribution in [3.8, 4) is 11.8 Å². The van der Waals surface area contributed by atoms with Gasteiger partial charge in [0.2, 0.25) is 0 Å². The first kappa shape index (κ1) is 13.9. The second-order valence-corrected chi connectivity index (χ2v) is 5.18. The van der Waals surface area contributed by atoms with Crippen molar-refractivity contribution >= 4 is 0 Å². The summed E-state index contributed by atoms with van der Waals surface area (Å²) in [7, 11) is 1.58. The third kappa shape index (κ3) is 2.89. The Morgan fingerprint density at radius 3 is 2.95 bits per heavy atom. The van der Waals surface area contributed by atoms with Gasteiger partial charge < -0.3 is 14.8 Å². The Bertz CT molecular complexity index is 495. The highest BCUT2D eigenvalue weighted by Gasteiger charge is 2.36. The van der Waals surface area contributed by atoms with E-state index < -0.39 is 0 Å². The Morgan fingerprint density at radius 2 is 2.37 bits per heavy atom. The Hall–Kier alpha value is -1.57. The van der Waals surface area contributed by atoms with Gasteiger partial charge in [0.25, 0.3) is 0 Å². The fraction of sp³-hybridized carbons (Fsp3) is 0.533. The summed E-state index contributed by atoms with van der Waals surface area (Å²) in [4.78, 5) is 0. The average Bonchev–Trinajstić information content (AvgIpc) is 2.76. The van der Waals surface area contributed by atoms with Crippen LogP contribution < -0.4 is 10.1 Å². The highest BCUT2D eigenvalue weighted by Crippen LogP contribution is 2.26. The summed E-state index contributed by atoms with van der Waals surface area (Å²) >= 11 is 0. The van der Waals surface area contributed by atoms with Crippen LogP contribution >= 0.6 is 0 Å². The fourth-order valence-corrected chi connectivity index (χ4v) is 2.31. The van der Waals surface area contributed by atoms with Crippen LogP contribution in [-0.2, 0) is 11.3 Å². The monoisotopic (exact) mass is 260 g/mol. The van der Waals surface area contributed by atoms with Crippen molar-refractivity contribution in [1.29, 1.82) is 5.26 Å². The molecule has 102 valence electrons. The zero-order valence-electron chi connectivity index (χ0n) is 11.7. The van der Waals surface area contributed by atoms with E-state index in [0.717, 1.165) is 25.1 Å². The molecule has 1 N–H and O–H groups in total. The van der Waals surface area contributed by atoms with Crippen LogP contribution in [-0.4, -0.2) is 25.4 Å². The lowest BCUT2D eigenvalue weighted by atomic mass is 9.94. The minimum atomic E-state index is 0.0150. The van der Waals surface area contributed by atoms with Gasteiger partial charge in [0.05, 0.1) is 18.8 Å². The zero-order valence-corrected chi connectivity index (χ0v) is 11.7. The summed E-state index contributed by atoms with van der Waals surface area (Å²) in [5.74, 6) is 0.627. The van der Waals surface area contributed by atoms with E-state index in [4.69, 9.17) is 14.7 Å². The molecule has 4 heteroatoms. The van der Waals surface area contributed by atoms with Crippen LogP contribution in [0.4, 0.5) is 0 Å². The topological polar surface area (TPSA) is 54.3 Å². The first-order chi connectivity index (χ1) is 9.09. The van der Waals surface area contributed by atoms with Crippen LogP contribution in [0.25, 0.3) is 0 Å². The summed E-state index contributed by atoms with van der Waals surface area (Å²) in [6, 6.07) is 7.79. The van der Waals surface area contributed by atoms with Crippen molar-refractivity contribution in [2.45, 2.75) is 38.5 Å². The van der Waals surface area contributed by atoms with E-state index >= 15 is 0 Å². The van der Waals surface area contributed by atoms with Crippen molar-refractivity contribution in [1.82, 2.24) is 5.32 Å². The minimum absolute atomic E-state index is 0.0150. The molecule has 0 spiro atoms. The van der Waals surface area contributed by atoms with Gasteiger partial charge in [0.15, 0.2) is 0 Å². The standard InChI is InChI=1S/C15H20N2O2/c1-11-15(2,6-7-19-11)17-10-12-4-5-13(9-16)14(8-12)18-3/h4-5,8,11,17H,6-7,10H2,1-3H3. The Kier molecular flexibility index (Phi) is 4.08. The molecule has 0 saturated carbocycles. The fourth-order valence-electron chi connectivity index (χ4n) is 2.31. The SMILES string of the molecule is COc1cc(CNC2(C)CCOC2C)ccc1C#N. The van der Waals surface area contributed by atoms with Gasteiger partial charge in [-0.25, -0.2) is 0 Å². The van der Waals surface area contributed by atoms with Crippen LogP contribution in [0.15, 0.2) is 18.2 Å². The summed E-state index contributed by atoms with van der Waals surface area (Å²) in [5.41, 5.74) is 1.69. The van der Waals surface area contributed by atoms with Gasteiger partial charge in [-0.2, -0.15) is 5.26 Å². The number of benzene rings is 1. The molecule has 0 amide bonds. The number of rotatable bonds is 4. The molecule has 1 heterocycles. The highest BCUT2D eigenvalue weighted by molar-refractivity contribution is 5.45. The largest absolute Gasteiger partial charge is 0.495 e. The summed E-state index contributed by atoms with van der Waals surface area (Å²) < 4.78 is 10.8. The van der Waals surface area contributed by atoms with Gasteiger partial charge in [0, 0.05) is 18.7 Å². The van der Waals surface area contributed by atoms with Crippen molar-refractivity contribution in [3.63, 3.8) is 0 Å². The van der Waals surface area contributed by atoms with Crippen LogP contribution in [0, 0.1) is 11.3 Å². The minimum Gasteiger partial charge on any atom is -0.495 e. The Labute approximate surface area is 114 Å². The lowest BCUT2D eigenvalue weighted by Crippen LogP contribution is -2.47. The van der Waals surface area contributed by atoms with Gasteiger partial charge in [-0.3, -0.25) is 0 Å². The van der Waals surface area contributed by atoms with E-state index in [2.05, 4.69) is 25.2 Å². The van der Waals surface area contributed by atoms with Gasteiger partial charge in [0.1, 0.15) is 11.8 Å². The second kappa shape index (κ2) is 5.60. The predicted octanol–water partition coefficient (Wildman–Crippen LogP) is 2.22. The van der Waals surface area contributed by atoms with E-state index in [0.29, 0.717) is 11.3 Å². The maximum absolute atomic E-state index is 8.96.